The number of rotatable bonds is 25. The molecule has 10 nitrogen and oxygen atoms in total. The third-order valence-electron chi connectivity index (χ3n) is 8.54. The van der Waals surface area contributed by atoms with Crippen LogP contribution in [-0.2, 0) is 9.59 Å². The highest BCUT2D eigenvalue weighted by atomic mass is 16.5. The Morgan fingerprint density at radius 1 is 0.776 bits per heavy atom. The lowest BCUT2D eigenvalue weighted by molar-refractivity contribution is -0.134. The van der Waals surface area contributed by atoms with E-state index in [0.29, 0.717) is 46.2 Å². The fourth-order valence-corrected chi connectivity index (χ4v) is 5.82. The molecular formula is C39H59N5O5. The predicted octanol–water partition coefficient (Wildman–Crippen LogP) is 9.45. The summed E-state index contributed by atoms with van der Waals surface area (Å²) < 4.78 is 17.7. The molecule has 0 unspecified atom stereocenters. The number of unbranched alkanes of at least 4 members (excludes halogenated alkanes) is 10. The first-order valence-electron chi connectivity index (χ1n) is 18.5. The largest absolute Gasteiger partial charge is 0.493 e. The van der Waals surface area contributed by atoms with Crippen molar-refractivity contribution >= 4 is 40.0 Å². The lowest BCUT2D eigenvalue weighted by Gasteiger charge is -2.22. The summed E-state index contributed by atoms with van der Waals surface area (Å²) in [5.74, 6) is 1.21. The van der Waals surface area contributed by atoms with Gasteiger partial charge >= 0.3 is 5.97 Å². The molecule has 0 radical (unpaired) electrons. The summed E-state index contributed by atoms with van der Waals surface area (Å²) in [6, 6.07) is 8.94. The van der Waals surface area contributed by atoms with Gasteiger partial charge in [0.25, 0.3) is 0 Å². The van der Waals surface area contributed by atoms with Gasteiger partial charge in [-0.3, -0.25) is 9.59 Å². The SMILES string of the molecule is CCCCCCCCN(CCCCCCCC)CCCOc1cc2c(Nc3cccc(NC(C)=O)c3OC(=O)CC)ncnc2cc1OC. The van der Waals surface area contributed by atoms with Gasteiger partial charge in [-0.25, -0.2) is 9.97 Å². The average molecular weight is 678 g/mol. The first kappa shape index (κ1) is 39.5. The van der Waals surface area contributed by atoms with Crippen LogP contribution in [0.5, 0.6) is 17.2 Å². The van der Waals surface area contributed by atoms with Crippen LogP contribution >= 0.6 is 0 Å². The molecule has 0 atom stereocenters. The fourth-order valence-electron chi connectivity index (χ4n) is 5.82. The minimum Gasteiger partial charge on any atom is -0.493 e. The molecule has 3 rings (SSSR count). The predicted molar refractivity (Wildman–Crippen MR) is 199 cm³/mol. The van der Waals surface area contributed by atoms with Crippen molar-refractivity contribution in [3.8, 4) is 17.2 Å². The monoisotopic (exact) mass is 677 g/mol. The van der Waals surface area contributed by atoms with Gasteiger partial charge in [-0.1, -0.05) is 91.0 Å². The Morgan fingerprint density at radius 3 is 2.04 bits per heavy atom. The van der Waals surface area contributed by atoms with Gasteiger partial charge in [0.05, 0.1) is 30.6 Å². The minimum absolute atomic E-state index is 0.181. The van der Waals surface area contributed by atoms with Gasteiger partial charge < -0.3 is 29.7 Å². The molecule has 49 heavy (non-hydrogen) atoms. The summed E-state index contributed by atoms with van der Waals surface area (Å²) in [4.78, 5) is 35.7. The van der Waals surface area contributed by atoms with Gasteiger partial charge in [0.15, 0.2) is 17.2 Å². The number of methoxy groups -OCH3 is 1. The Kier molecular flexibility index (Phi) is 18.3. The van der Waals surface area contributed by atoms with Crippen molar-refractivity contribution < 1.29 is 23.8 Å². The number of benzene rings is 2. The Morgan fingerprint density at radius 2 is 1.41 bits per heavy atom. The van der Waals surface area contributed by atoms with E-state index in [1.54, 1.807) is 32.2 Å². The van der Waals surface area contributed by atoms with E-state index >= 15 is 0 Å². The third-order valence-corrected chi connectivity index (χ3v) is 8.54. The van der Waals surface area contributed by atoms with Crippen LogP contribution in [0, 0.1) is 0 Å². The fraction of sp³-hybridized carbons (Fsp3) is 0.590. The lowest BCUT2D eigenvalue weighted by Crippen LogP contribution is -2.28. The maximum atomic E-state index is 12.3. The second-order valence-corrected chi connectivity index (χ2v) is 12.6. The number of hydrogen-bond donors (Lipinski definition) is 2. The average Bonchev–Trinajstić information content (AvgIpc) is 3.10. The number of fused-ring (bicyclic) bond motifs is 1. The molecule has 270 valence electrons. The van der Waals surface area contributed by atoms with Crippen LogP contribution in [-0.4, -0.2) is 60.1 Å². The Bertz CT molecular complexity index is 1420. The molecule has 0 aliphatic carbocycles. The summed E-state index contributed by atoms with van der Waals surface area (Å²) in [6.45, 7) is 11.5. The van der Waals surface area contributed by atoms with Crippen molar-refractivity contribution in [3.05, 3.63) is 36.7 Å². The molecule has 0 aliphatic rings. The van der Waals surface area contributed by atoms with Crippen molar-refractivity contribution in [2.75, 3.05) is 44.0 Å². The molecule has 1 aromatic heterocycles. The standard InChI is InChI=1S/C39H59N5O5/c1-6-9-11-13-15-17-23-44(24-18-16-14-12-10-7-2)25-20-26-48-36-27-31-34(28-35(36)47-5)40-29-41-39(31)43-33-22-19-21-32(42-30(4)45)38(33)49-37(46)8-3/h19,21-22,27-29H,6-18,20,23-26H2,1-5H3,(H,42,45)(H,40,41,43). The van der Waals surface area contributed by atoms with E-state index in [2.05, 4.69) is 39.3 Å². The number of para-hydroxylation sites is 1. The maximum Gasteiger partial charge on any atom is 0.311 e. The van der Waals surface area contributed by atoms with Gasteiger partial charge in [-0.05, 0) is 50.6 Å². The van der Waals surface area contributed by atoms with Crippen molar-refractivity contribution in [2.24, 2.45) is 0 Å². The highest BCUT2D eigenvalue weighted by Crippen LogP contribution is 2.39. The highest BCUT2D eigenvalue weighted by molar-refractivity contribution is 5.96. The molecule has 0 fully saturated rings. The zero-order valence-corrected chi connectivity index (χ0v) is 30.6. The second kappa shape index (κ2) is 22.7. The van der Waals surface area contributed by atoms with Crippen LogP contribution in [0.2, 0.25) is 0 Å². The Hall–Kier alpha value is -3.92. The van der Waals surface area contributed by atoms with Crippen LogP contribution in [0.4, 0.5) is 17.2 Å². The van der Waals surface area contributed by atoms with Gasteiger partial charge in [-0.15, -0.1) is 0 Å². The van der Waals surface area contributed by atoms with Gasteiger partial charge in [-0.2, -0.15) is 0 Å². The molecule has 0 saturated heterocycles. The number of carbonyl (C=O) groups excluding carboxylic acids is 2. The number of hydrogen-bond acceptors (Lipinski definition) is 9. The van der Waals surface area contributed by atoms with E-state index in [0.717, 1.165) is 26.1 Å². The van der Waals surface area contributed by atoms with Crippen LogP contribution in [0.1, 0.15) is 118 Å². The molecule has 1 heterocycles. The number of nitrogens with one attached hydrogen (secondary N) is 2. The maximum absolute atomic E-state index is 12.3. The van der Waals surface area contributed by atoms with Crippen LogP contribution < -0.4 is 24.8 Å². The van der Waals surface area contributed by atoms with Gasteiger partial charge in [0.2, 0.25) is 5.91 Å². The summed E-state index contributed by atoms with van der Waals surface area (Å²) in [5, 5.41) is 6.75. The Balaban J connectivity index is 1.71. The smallest absolute Gasteiger partial charge is 0.311 e. The molecule has 1 amide bonds. The number of ether oxygens (including phenoxy) is 3. The molecule has 0 bridgehead atoms. The van der Waals surface area contributed by atoms with E-state index in [4.69, 9.17) is 14.2 Å². The molecule has 0 saturated carbocycles. The molecule has 10 heteroatoms. The molecule has 2 N–H and O–H groups in total. The normalized spacial score (nSPS) is 11.1. The number of nitrogens with zero attached hydrogens (tertiary/aromatic N) is 3. The first-order valence-corrected chi connectivity index (χ1v) is 18.5. The van der Waals surface area contributed by atoms with Crippen molar-refractivity contribution in [1.82, 2.24) is 14.9 Å². The highest BCUT2D eigenvalue weighted by Gasteiger charge is 2.18. The van der Waals surface area contributed by atoms with Crippen molar-refractivity contribution in [3.63, 3.8) is 0 Å². The zero-order chi connectivity index (χ0) is 35.3. The number of anilines is 3. The van der Waals surface area contributed by atoms with E-state index in [9.17, 15) is 9.59 Å². The topological polar surface area (TPSA) is 115 Å². The molecule has 2 aromatic carbocycles. The lowest BCUT2D eigenvalue weighted by atomic mass is 10.1. The van der Waals surface area contributed by atoms with Crippen LogP contribution in [0.15, 0.2) is 36.7 Å². The van der Waals surface area contributed by atoms with E-state index in [1.807, 2.05) is 12.1 Å². The third kappa shape index (κ3) is 13.8. The molecule has 3 aromatic rings. The van der Waals surface area contributed by atoms with E-state index in [1.165, 1.54) is 90.3 Å². The Labute approximate surface area is 293 Å². The van der Waals surface area contributed by atoms with Gasteiger partial charge in [0, 0.05) is 31.3 Å². The van der Waals surface area contributed by atoms with E-state index in [-0.39, 0.29) is 18.1 Å². The number of amides is 1. The second-order valence-electron chi connectivity index (χ2n) is 12.6. The summed E-state index contributed by atoms with van der Waals surface area (Å²) in [5.41, 5.74) is 1.52. The van der Waals surface area contributed by atoms with Crippen LogP contribution in [0.3, 0.4) is 0 Å². The van der Waals surface area contributed by atoms with Crippen molar-refractivity contribution in [2.45, 2.75) is 118 Å². The summed E-state index contributed by atoms with van der Waals surface area (Å²) in [6.07, 6.45) is 18.2. The summed E-state index contributed by atoms with van der Waals surface area (Å²) in [7, 11) is 1.62. The van der Waals surface area contributed by atoms with E-state index < -0.39 is 5.97 Å². The quantitative estimate of drug-likeness (QED) is 0.0514. The number of aromatic nitrogens is 2. The number of esters is 1. The molecule has 0 aliphatic heterocycles. The minimum atomic E-state index is -0.425. The number of carbonyl (C=O) groups is 2. The van der Waals surface area contributed by atoms with Gasteiger partial charge in [0.1, 0.15) is 12.1 Å². The molecule has 0 spiro atoms. The first-order chi connectivity index (χ1) is 23.9. The summed E-state index contributed by atoms with van der Waals surface area (Å²) >= 11 is 0. The molecular weight excluding hydrogens is 618 g/mol. The van der Waals surface area contributed by atoms with Crippen LogP contribution in [0.25, 0.3) is 10.9 Å². The zero-order valence-electron chi connectivity index (χ0n) is 30.6. The van der Waals surface area contributed by atoms with Crippen molar-refractivity contribution in [1.29, 1.82) is 0 Å².